The first-order valence-corrected chi connectivity index (χ1v) is 10.8. The Morgan fingerprint density at radius 2 is 1.54 bits per heavy atom. The Hall–Kier alpha value is -4.26. The largest absolute Gasteiger partial charge is 0.494 e. The van der Waals surface area contributed by atoms with Crippen LogP contribution in [0.25, 0.3) is 12.2 Å². The molecule has 0 unspecified atom stereocenters. The number of nitrogens with two attached hydrogens (primary N) is 1. The normalized spacial score (nSPS) is 11.1. The highest BCUT2D eigenvalue weighted by atomic mass is 19.1. The lowest BCUT2D eigenvalue weighted by molar-refractivity contribution is 0.104. The van der Waals surface area contributed by atoms with E-state index in [0.717, 1.165) is 11.1 Å². The standard InChI is InChI=1S/C28H28FNO5/c1-32-25-17-19(8-7-11-24(31)21-9-5-6-10-23(21)30)20(16-22(25)29)13-12-18-14-26(33-2)28(35-4)27(15-18)34-3/h5-7,9-17H,8,30H2,1-4H3/b11-7-,13-12-. The van der Waals surface area contributed by atoms with Crippen LogP contribution in [0, 0.1) is 5.82 Å². The molecule has 0 saturated carbocycles. The van der Waals surface area contributed by atoms with Gasteiger partial charge in [0.15, 0.2) is 28.8 Å². The van der Waals surface area contributed by atoms with E-state index in [-0.39, 0.29) is 11.5 Å². The molecule has 182 valence electrons. The van der Waals surface area contributed by atoms with E-state index >= 15 is 0 Å². The minimum absolute atomic E-state index is 0.122. The third-order valence-electron chi connectivity index (χ3n) is 5.39. The zero-order valence-corrected chi connectivity index (χ0v) is 20.1. The minimum atomic E-state index is -0.488. The molecular formula is C28H28FNO5. The van der Waals surface area contributed by atoms with E-state index in [9.17, 15) is 9.18 Å². The van der Waals surface area contributed by atoms with Crippen LogP contribution >= 0.6 is 0 Å². The molecule has 0 saturated heterocycles. The van der Waals surface area contributed by atoms with Gasteiger partial charge in [-0.15, -0.1) is 0 Å². The van der Waals surface area contributed by atoms with Crippen molar-refractivity contribution in [3.8, 4) is 23.0 Å². The smallest absolute Gasteiger partial charge is 0.203 e. The zero-order valence-electron chi connectivity index (χ0n) is 20.1. The lowest BCUT2D eigenvalue weighted by Crippen LogP contribution is -2.00. The number of benzene rings is 3. The van der Waals surface area contributed by atoms with Crippen molar-refractivity contribution < 1.29 is 28.1 Å². The number of hydrogen-bond acceptors (Lipinski definition) is 6. The zero-order chi connectivity index (χ0) is 25.4. The van der Waals surface area contributed by atoms with Gasteiger partial charge >= 0.3 is 0 Å². The third-order valence-corrected chi connectivity index (χ3v) is 5.39. The van der Waals surface area contributed by atoms with Gasteiger partial charge in [-0.05, 0) is 65.6 Å². The van der Waals surface area contributed by atoms with Gasteiger partial charge < -0.3 is 24.7 Å². The molecule has 2 N–H and O–H groups in total. The number of nitrogen functional groups attached to an aromatic ring is 1. The Balaban J connectivity index is 1.92. The molecule has 3 aromatic rings. The number of allylic oxidation sites excluding steroid dienone is 2. The van der Waals surface area contributed by atoms with Crippen molar-refractivity contribution in [1.29, 1.82) is 0 Å². The summed E-state index contributed by atoms with van der Waals surface area (Å²) in [6, 6.07) is 13.5. The van der Waals surface area contributed by atoms with Gasteiger partial charge in [0.1, 0.15) is 0 Å². The fraction of sp³-hybridized carbons (Fsp3) is 0.179. The topological polar surface area (TPSA) is 80.0 Å². The Bertz CT molecular complexity index is 1240. The van der Waals surface area contributed by atoms with Crippen LogP contribution in [0.4, 0.5) is 10.1 Å². The van der Waals surface area contributed by atoms with Gasteiger partial charge in [0.25, 0.3) is 0 Å². The van der Waals surface area contributed by atoms with E-state index in [1.807, 2.05) is 6.08 Å². The number of anilines is 1. The molecule has 0 amide bonds. The molecule has 0 bridgehead atoms. The van der Waals surface area contributed by atoms with Crippen LogP contribution in [0.2, 0.25) is 0 Å². The van der Waals surface area contributed by atoms with Crippen molar-refractivity contribution in [2.75, 3.05) is 34.2 Å². The quantitative estimate of drug-likeness (QED) is 0.177. The molecule has 0 atom stereocenters. The van der Waals surface area contributed by atoms with Crippen molar-refractivity contribution >= 4 is 23.6 Å². The lowest BCUT2D eigenvalue weighted by atomic mass is 10.0. The van der Waals surface area contributed by atoms with Crippen molar-refractivity contribution in [3.05, 3.63) is 88.8 Å². The summed E-state index contributed by atoms with van der Waals surface area (Å²) < 4.78 is 35.8. The molecule has 0 aromatic heterocycles. The first-order chi connectivity index (χ1) is 16.9. The van der Waals surface area contributed by atoms with Crippen LogP contribution in [0.5, 0.6) is 23.0 Å². The van der Waals surface area contributed by atoms with E-state index < -0.39 is 5.82 Å². The summed E-state index contributed by atoms with van der Waals surface area (Å²) in [4.78, 5) is 12.5. The lowest BCUT2D eigenvalue weighted by Gasteiger charge is -2.13. The number of carbonyl (C=O) groups excluding carboxylic acids is 1. The van der Waals surface area contributed by atoms with Crippen LogP contribution in [0.15, 0.2) is 60.7 Å². The maximum absolute atomic E-state index is 14.5. The summed E-state index contributed by atoms with van der Waals surface area (Å²) in [7, 11) is 6.02. The van der Waals surface area contributed by atoms with Gasteiger partial charge in [0.2, 0.25) is 5.75 Å². The Morgan fingerprint density at radius 3 is 2.14 bits per heavy atom. The fourth-order valence-corrected chi connectivity index (χ4v) is 3.59. The average molecular weight is 478 g/mol. The first-order valence-electron chi connectivity index (χ1n) is 10.8. The Morgan fingerprint density at radius 1 is 0.886 bits per heavy atom. The molecule has 0 radical (unpaired) electrons. The van der Waals surface area contributed by atoms with Gasteiger partial charge in [-0.3, -0.25) is 4.79 Å². The minimum Gasteiger partial charge on any atom is -0.494 e. The number of carbonyl (C=O) groups is 1. The molecule has 0 fully saturated rings. The van der Waals surface area contributed by atoms with Gasteiger partial charge in [-0.2, -0.15) is 0 Å². The van der Waals surface area contributed by atoms with Gasteiger partial charge in [0.05, 0.1) is 28.4 Å². The van der Waals surface area contributed by atoms with Crippen molar-refractivity contribution in [2.24, 2.45) is 0 Å². The summed E-state index contributed by atoms with van der Waals surface area (Å²) in [5.41, 5.74) is 8.92. The predicted octanol–water partition coefficient (Wildman–Crippen LogP) is 5.59. The molecular weight excluding hydrogens is 449 g/mol. The van der Waals surface area contributed by atoms with Crippen molar-refractivity contribution in [3.63, 3.8) is 0 Å². The summed E-state index contributed by atoms with van der Waals surface area (Å²) in [6.07, 6.45) is 7.16. The number of halogens is 1. The van der Waals surface area contributed by atoms with Crippen LogP contribution in [-0.2, 0) is 6.42 Å². The predicted molar refractivity (Wildman–Crippen MR) is 136 cm³/mol. The second-order valence-corrected chi connectivity index (χ2v) is 7.54. The van der Waals surface area contributed by atoms with Crippen molar-refractivity contribution in [1.82, 2.24) is 0 Å². The highest BCUT2D eigenvalue weighted by Crippen LogP contribution is 2.38. The number of ketones is 1. The number of ether oxygens (including phenoxy) is 4. The summed E-state index contributed by atoms with van der Waals surface area (Å²) >= 11 is 0. The average Bonchev–Trinajstić information content (AvgIpc) is 2.87. The van der Waals surface area contributed by atoms with Gasteiger partial charge in [-0.1, -0.05) is 30.4 Å². The molecule has 3 rings (SSSR count). The number of rotatable bonds is 10. The Kier molecular flexibility index (Phi) is 8.51. The molecule has 0 aliphatic rings. The Labute approximate surface area is 204 Å². The maximum Gasteiger partial charge on any atom is 0.203 e. The molecule has 6 nitrogen and oxygen atoms in total. The highest BCUT2D eigenvalue weighted by Gasteiger charge is 2.13. The molecule has 0 heterocycles. The molecule has 7 heteroatoms. The summed E-state index contributed by atoms with van der Waals surface area (Å²) in [6.45, 7) is 0. The van der Waals surface area contributed by atoms with Crippen LogP contribution in [-0.4, -0.2) is 34.2 Å². The number of hydrogen-bond donors (Lipinski definition) is 1. The molecule has 35 heavy (non-hydrogen) atoms. The highest BCUT2D eigenvalue weighted by molar-refractivity contribution is 6.08. The summed E-state index contributed by atoms with van der Waals surface area (Å²) in [5.74, 6) is 0.933. The SMILES string of the molecule is COc1cc(C/C=C\C(=O)c2ccccc2N)c(/C=C\c2cc(OC)c(OC)c(OC)c2)cc1F. The number of para-hydroxylation sites is 1. The maximum atomic E-state index is 14.5. The second-order valence-electron chi connectivity index (χ2n) is 7.54. The molecule has 0 aliphatic heterocycles. The van der Waals surface area contributed by atoms with Gasteiger partial charge in [0, 0.05) is 11.3 Å². The monoisotopic (exact) mass is 477 g/mol. The summed E-state index contributed by atoms with van der Waals surface area (Å²) in [5, 5.41) is 0. The van der Waals surface area contributed by atoms with Crippen LogP contribution in [0.1, 0.15) is 27.0 Å². The van der Waals surface area contributed by atoms with E-state index in [4.69, 9.17) is 24.7 Å². The van der Waals surface area contributed by atoms with E-state index in [1.165, 1.54) is 26.4 Å². The van der Waals surface area contributed by atoms with Crippen LogP contribution in [0.3, 0.4) is 0 Å². The molecule has 3 aromatic carbocycles. The van der Waals surface area contributed by atoms with E-state index in [1.54, 1.807) is 68.8 Å². The van der Waals surface area contributed by atoms with Crippen molar-refractivity contribution in [2.45, 2.75) is 6.42 Å². The third kappa shape index (κ3) is 6.00. The van der Waals surface area contributed by atoms with Crippen LogP contribution < -0.4 is 24.7 Å². The van der Waals surface area contributed by atoms with E-state index in [2.05, 4.69) is 0 Å². The van der Waals surface area contributed by atoms with E-state index in [0.29, 0.717) is 40.5 Å². The number of methoxy groups -OCH3 is 4. The molecule has 0 aliphatic carbocycles. The van der Waals surface area contributed by atoms with Gasteiger partial charge in [-0.25, -0.2) is 4.39 Å². The second kappa shape index (κ2) is 11.7. The molecule has 0 spiro atoms. The first kappa shape index (κ1) is 25.4. The fourth-order valence-electron chi connectivity index (χ4n) is 3.59.